The highest BCUT2D eigenvalue weighted by atomic mass is 16.2. The Kier molecular flexibility index (Phi) is 6.34. The van der Waals surface area contributed by atoms with Crippen molar-refractivity contribution in [3.8, 4) is 0 Å². The lowest BCUT2D eigenvalue weighted by atomic mass is 9.87. The molecule has 0 aliphatic carbocycles. The van der Waals surface area contributed by atoms with Crippen LogP contribution in [0.4, 0.5) is 5.69 Å². The molecule has 0 bridgehead atoms. The fraction of sp³-hybridized carbons (Fsp3) is 0.286. The molecule has 0 unspecified atom stereocenters. The summed E-state index contributed by atoms with van der Waals surface area (Å²) < 4.78 is 0. The lowest BCUT2D eigenvalue weighted by Gasteiger charge is -2.19. The van der Waals surface area contributed by atoms with Crippen LogP contribution in [0.2, 0.25) is 0 Å². The van der Waals surface area contributed by atoms with Crippen LogP contribution in [-0.2, 0) is 10.2 Å². The van der Waals surface area contributed by atoms with Gasteiger partial charge in [0.1, 0.15) is 0 Å². The summed E-state index contributed by atoms with van der Waals surface area (Å²) in [6.45, 7) is 6.54. The largest absolute Gasteiger partial charge is 0.366 e. The third kappa shape index (κ3) is 5.95. The fourth-order valence-corrected chi connectivity index (χ4v) is 2.49. The molecule has 142 valence electrons. The van der Waals surface area contributed by atoms with Gasteiger partial charge in [0.2, 0.25) is 11.8 Å². The van der Waals surface area contributed by atoms with Crippen LogP contribution < -0.4 is 16.4 Å². The van der Waals surface area contributed by atoms with Gasteiger partial charge in [0.15, 0.2) is 0 Å². The second kappa shape index (κ2) is 8.49. The maximum atomic E-state index is 12.2. The average molecular weight is 367 g/mol. The van der Waals surface area contributed by atoms with Gasteiger partial charge < -0.3 is 16.4 Å². The Labute approximate surface area is 159 Å². The first-order valence-corrected chi connectivity index (χ1v) is 8.75. The number of carbonyl (C=O) groups excluding carboxylic acids is 3. The van der Waals surface area contributed by atoms with E-state index in [1.165, 1.54) is 6.07 Å². The van der Waals surface area contributed by atoms with Crippen molar-refractivity contribution >= 4 is 23.4 Å². The second-order valence-electron chi connectivity index (χ2n) is 7.33. The van der Waals surface area contributed by atoms with Crippen LogP contribution in [0.3, 0.4) is 0 Å². The zero-order chi connectivity index (χ0) is 20.0. The Morgan fingerprint density at radius 1 is 0.963 bits per heavy atom. The minimum Gasteiger partial charge on any atom is -0.366 e. The Morgan fingerprint density at radius 2 is 1.63 bits per heavy atom. The topological polar surface area (TPSA) is 101 Å². The predicted molar refractivity (Wildman–Crippen MR) is 106 cm³/mol. The molecular formula is C21H25N3O3. The molecule has 0 heterocycles. The number of carbonyl (C=O) groups is 3. The summed E-state index contributed by atoms with van der Waals surface area (Å²) in [4.78, 5) is 35.3. The molecule has 0 saturated carbocycles. The highest BCUT2D eigenvalue weighted by Gasteiger charge is 2.14. The van der Waals surface area contributed by atoms with Gasteiger partial charge in [-0.15, -0.1) is 0 Å². The summed E-state index contributed by atoms with van der Waals surface area (Å²) in [5.74, 6) is -1.05. The van der Waals surface area contributed by atoms with Crippen LogP contribution in [0.15, 0.2) is 48.5 Å². The summed E-state index contributed by atoms with van der Waals surface area (Å²) in [6.07, 6.45) is 0.118. The molecule has 0 radical (unpaired) electrons. The monoisotopic (exact) mass is 367 g/mol. The summed E-state index contributed by atoms with van der Waals surface area (Å²) in [7, 11) is 0. The van der Waals surface area contributed by atoms with Gasteiger partial charge in [-0.25, -0.2) is 0 Å². The maximum absolute atomic E-state index is 12.2. The zero-order valence-electron chi connectivity index (χ0n) is 15.8. The number of anilines is 1. The molecule has 0 spiro atoms. The smallest absolute Gasteiger partial charge is 0.251 e. The molecule has 0 saturated heterocycles. The zero-order valence-corrected chi connectivity index (χ0v) is 15.8. The standard InChI is InChI=1S/C21H25N3O3/c1-21(2,3)16-9-7-14(8-10-16)20(27)23-12-11-18(25)24-17-6-4-5-15(13-17)19(22)26/h4-10,13H,11-12H2,1-3H3,(H2,22,26)(H,23,27)(H,24,25). The molecule has 2 rings (SSSR count). The minimum absolute atomic E-state index is 0.0267. The van der Waals surface area contributed by atoms with Crippen molar-refractivity contribution in [3.63, 3.8) is 0 Å². The van der Waals surface area contributed by atoms with Crippen molar-refractivity contribution in [2.45, 2.75) is 32.6 Å². The van der Waals surface area contributed by atoms with Crippen LogP contribution in [0.5, 0.6) is 0 Å². The number of amides is 3. The molecule has 3 amide bonds. The molecule has 6 nitrogen and oxygen atoms in total. The van der Waals surface area contributed by atoms with Gasteiger partial charge in [-0.05, 0) is 41.3 Å². The van der Waals surface area contributed by atoms with Crippen molar-refractivity contribution in [1.82, 2.24) is 5.32 Å². The maximum Gasteiger partial charge on any atom is 0.251 e. The first kappa shape index (κ1) is 20.2. The van der Waals surface area contributed by atoms with Gasteiger partial charge in [-0.3, -0.25) is 14.4 Å². The third-order valence-electron chi connectivity index (χ3n) is 4.08. The lowest BCUT2D eigenvalue weighted by molar-refractivity contribution is -0.116. The van der Waals surface area contributed by atoms with Gasteiger partial charge in [0.25, 0.3) is 5.91 Å². The predicted octanol–water partition coefficient (Wildman–Crippen LogP) is 2.84. The van der Waals surface area contributed by atoms with E-state index in [2.05, 4.69) is 31.4 Å². The van der Waals surface area contributed by atoms with Crippen LogP contribution in [-0.4, -0.2) is 24.3 Å². The fourth-order valence-electron chi connectivity index (χ4n) is 2.49. The van der Waals surface area contributed by atoms with Crippen LogP contribution in [0.1, 0.15) is 53.5 Å². The molecule has 0 fully saturated rings. The van der Waals surface area contributed by atoms with Crippen LogP contribution in [0, 0.1) is 0 Å². The lowest BCUT2D eigenvalue weighted by Crippen LogP contribution is -2.27. The third-order valence-corrected chi connectivity index (χ3v) is 4.08. The Morgan fingerprint density at radius 3 is 2.22 bits per heavy atom. The highest BCUT2D eigenvalue weighted by molar-refractivity contribution is 5.97. The Balaban J connectivity index is 1.83. The van der Waals surface area contributed by atoms with E-state index in [4.69, 9.17) is 5.73 Å². The molecular weight excluding hydrogens is 342 g/mol. The normalized spacial score (nSPS) is 10.9. The molecule has 0 atom stereocenters. The van der Waals surface area contributed by atoms with Gasteiger partial charge in [0.05, 0.1) is 0 Å². The molecule has 0 aliphatic rings. The summed E-state index contributed by atoms with van der Waals surface area (Å²) in [5.41, 5.74) is 7.75. The van der Waals surface area contributed by atoms with E-state index in [0.29, 0.717) is 16.8 Å². The van der Waals surface area contributed by atoms with Crippen molar-refractivity contribution in [3.05, 3.63) is 65.2 Å². The number of primary amides is 1. The van der Waals surface area contributed by atoms with Crippen molar-refractivity contribution < 1.29 is 14.4 Å². The summed E-state index contributed by atoms with van der Waals surface area (Å²) in [6, 6.07) is 13.8. The van der Waals surface area contributed by atoms with E-state index in [-0.39, 0.29) is 30.2 Å². The van der Waals surface area contributed by atoms with Crippen molar-refractivity contribution in [2.24, 2.45) is 5.73 Å². The Bertz CT molecular complexity index is 836. The average Bonchev–Trinajstić information content (AvgIpc) is 2.61. The van der Waals surface area contributed by atoms with Gasteiger partial charge in [-0.2, -0.15) is 0 Å². The SMILES string of the molecule is CC(C)(C)c1ccc(C(=O)NCCC(=O)Nc2cccc(C(N)=O)c2)cc1. The molecule has 27 heavy (non-hydrogen) atoms. The number of hydrogen-bond donors (Lipinski definition) is 3. The number of nitrogens with two attached hydrogens (primary N) is 1. The summed E-state index contributed by atoms with van der Waals surface area (Å²) >= 11 is 0. The van der Waals surface area contributed by atoms with Crippen LogP contribution >= 0.6 is 0 Å². The molecule has 2 aromatic rings. The number of nitrogens with one attached hydrogen (secondary N) is 2. The number of rotatable bonds is 6. The van der Waals surface area contributed by atoms with E-state index in [9.17, 15) is 14.4 Å². The van der Waals surface area contributed by atoms with Gasteiger partial charge in [-0.1, -0.05) is 39.0 Å². The Hall–Kier alpha value is -3.15. The van der Waals surface area contributed by atoms with E-state index in [1.54, 1.807) is 30.3 Å². The summed E-state index contributed by atoms with van der Waals surface area (Å²) in [5, 5.41) is 5.41. The number of hydrogen-bond acceptors (Lipinski definition) is 3. The quantitative estimate of drug-likeness (QED) is 0.732. The molecule has 4 N–H and O–H groups in total. The van der Waals surface area contributed by atoms with Crippen molar-refractivity contribution in [2.75, 3.05) is 11.9 Å². The van der Waals surface area contributed by atoms with Gasteiger partial charge in [0, 0.05) is 29.8 Å². The second-order valence-corrected chi connectivity index (χ2v) is 7.33. The van der Waals surface area contributed by atoms with Gasteiger partial charge >= 0.3 is 0 Å². The van der Waals surface area contributed by atoms with Crippen LogP contribution in [0.25, 0.3) is 0 Å². The molecule has 2 aromatic carbocycles. The first-order chi connectivity index (χ1) is 12.7. The van der Waals surface area contributed by atoms with E-state index >= 15 is 0 Å². The van der Waals surface area contributed by atoms with E-state index in [0.717, 1.165) is 5.56 Å². The molecule has 0 aliphatic heterocycles. The number of benzene rings is 2. The minimum atomic E-state index is -0.559. The van der Waals surface area contributed by atoms with E-state index < -0.39 is 5.91 Å². The highest BCUT2D eigenvalue weighted by Crippen LogP contribution is 2.22. The molecule has 0 aromatic heterocycles. The van der Waals surface area contributed by atoms with E-state index in [1.807, 2.05) is 12.1 Å². The molecule has 6 heteroatoms. The first-order valence-electron chi connectivity index (χ1n) is 8.75. The van der Waals surface area contributed by atoms with Crippen molar-refractivity contribution in [1.29, 1.82) is 0 Å².